The SMILES string of the molecule is BrC(Cc1cccnn1)c1ccccc1. The highest BCUT2D eigenvalue weighted by Crippen LogP contribution is 2.25. The lowest BCUT2D eigenvalue weighted by atomic mass is 10.1. The molecule has 0 spiro atoms. The number of hydrogen-bond donors (Lipinski definition) is 0. The summed E-state index contributed by atoms with van der Waals surface area (Å²) in [5.41, 5.74) is 2.27. The van der Waals surface area contributed by atoms with Gasteiger partial charge < -0.3 is 0 Å². The minimum Gasteiger partial charge on any atom is -0.159 e. The third-order valence-corrected chi connectivity index (χ3v) is 3.03. The largest absolute Gasteiger partial charge is 0.159 e. The van der Waals surface area contributed by atoms with Gasteiger partial charge in [-0.2, -0.15) is 10.2 Å². The second-order valence-electron chi connectivity index (χ2n) is 3.30. The second kappa shape index (κ2) is 5.03. The normalized spacial score (nSPS) is 12.3. The van der Waals surface area contributed by atoms with Crippen molar-refractivity contribution in [2.24, 2.45) is 0 Å². The molecule has 2 aromatic rings. The number of aromatic nitrogens is 2. The molecule has 0 aliphatic rings. The van der Waals surface area contributed by atoms with Crippen LogP contribution in [0.4, 0.5) is 0 Å². The Balaban J connectivity index is 2.08. The van der Waals surface area contributed by atoms with E-state index in [1.807, 2.05) is 30.3 Å². The molecule has 0 saturated carbocycles. The predicted molar refractivity (Wildman–Crippen MR) is 63.8 cm³/mol. The van der Waals surface area contributed by atoms with Crippen LogP contribution in [0.25, 0.3) is 0 Å². The van der Waals surface area contributed by atoms with E-state index in [9.17, 15) is 0 Å². The van der Waals surface area contributed by atoms with Crippen molar-refractivity contribution < 1.29 is 0 Å². The molecule has 0 saturated heterocycles. The molecule has 0 radical (unpaired) electrons. The van der Waals surface area contributed by atoms with Crippen LogP contribution in [0, 0.1) is 0 Å². The van der Waals surface area contributed by atoms with Crippen molar-refractivity contribution in [1.82, 2.24) is 10.2 Å². The van der Waals surface area contributed by atoms with Gasteiger partial charge in [-0.15, -0.1) is 0 Å². The molecule has 1 aromatic heterocycles. The maximum Gasteiger partial charge on any atom is 0.0645 e. The zero-order valence-electron chi connectivity index (χ0n) is 8.18. The van der Waals surface area contributed by atoms with Crippen molar-refractivity contribution in [3.05, 3.63) is 59.9 Å². The topological polar surface area (TPSA) is 25.8 Å². The van der Waals surface area contributed by atoms with Gasteiger partial charge in [0.1, 0.15) is 0 Å². The Bertz CT molecular complexity index is 402. The molecule has 3 heteroatoms. The van der Waals surface area contributed by atoms with Crippen LogP contribution in [-0.4, -0.2) is 10.2 Å². The van der Waals surface area contributed by atoms with Crippen LogP contribution in [0.3, 0.4) is 0 Å². The van der Waals surface area contributed by atoms with Crippen molar-refractivity contribution in [2.45, 2.75) is 11.2 Å². The van der Waals surface area contributed by atoms with Crippen LogP contribution in [-0.2, 0) is 6.42 Å². The summed E-state index contributed by atoms with van der Waals surface area (Å²) in [6, 6.07) is 14.2. The van der Waals surface area contributed by atoms with Gasteiger partial charge >= 0.3 is 0 Å². The first-order chi connectivity index (χ1) is 7.36. The van der Waals surface area contributed by atoms with E-state index in [1.165, 1.54) is 5.56 Å². The molecule has 0 aliphatic heterocycles. The molecule has 0 bridgehead atoms. The lowest BCUT2D eigenvalue weighted by Gasteiger charge is -2.08. The summed E-state index contributed by atoms with van der Waals surface area (Å²) in [6.45, 7) is 0. The zero-order valence-corrected chi connectivity index (χ0v) is 9.76. The molecule has 0 amide bonds. The number of hydrogen-bond acceptors (Lipinski definition) is 2. The van der Waals surface area contributed by atoms with Gasteiger partial charge in [-0.25, -0.2) is 0 Å². The summed E-state index contributed by atoms with van der Waals surface area (Å²) in [5.74, 6) is 0. The van der Waals surface area contributed by atoms with Crippen LogP contribution in [0.1, 0.15) is 16.1 Å². The summed E-state index contributed by atoms with van der Waals surface area (Å²) < 4.78 is 0. The highest BCUT2D eigenvalue weighted by Gasteiger charge is 2.08. The number of nitrogens with zero attached hydrogens (tertiary/aromatic N) is 2. The van der Waals surface area contributed by atoms with Gasteiger partial charge in [-0.1, -0.05) is 46.3 Å². The first kappa shape index (κ1) is 10.3. The summed E-state index contributed by atoms with van der Waals surface area (Å²) in [6.07, 6.45) is 2.55. The lowest BCUT2D eigenvalue weighted by Crippen LogP contribution is -1.98. The van der Waals surface area contributed by atoms with E-state index in [0.29, 0.717) is 4.83 Å². The highest BCUT2D eigenvalue weighted by atomic mass is 79.9. The van der Waals surface area contributed by atoms with Gasteiger partial charge in [0.25, 0.3) is 0 Å². The summed E-state index contributed by atoms with van der Waals surface area (Å²) >= 11 is 3.65. The molecule has 1 atom stereocenters. The molecular weight excluding hydrogens is 252 g/mol. The molecule has 15 heavy (non-hydrogen) atoms. The smallest absolute Gasteiger partial charge is 0.0645 e. The van der Waals surface area contributed by atoms with E-state index in [2.05, 4.69) is 38.3 Å². The van der Waals surface area contributed by atoms with E-state index >= 15 is 0 Å². The van der Waals surface area contributed by atoms with Gasteiger partial charge in [-0.3, -0.25) is 0 Å². The average Bonchev–Trinajstić information content (AvgIpc) is 2.31. The predicted octanol–water partition coefficient (Wildman–Crippen LogP) is 3.16. The molecule has 1 heterocycles. The molecular formula is C12H11BrN2. The van der Waals surface area contributed by atoms with Crippen LogP contribution in [0.2, 0.25) is 0 Å². The van der Waals surface area contributed by atoms with Gasteiger partial charge in [0, 0.05) is 17.4 Å². The molecule has 2 rings (SSSR count). The second-order valence-corrected chi connectivity index (χ2v) is 4.40. The van der Waals surface area contributed by atoms with Crippen LogP contribution < -0.4 is 0 Å². The van der Waals surface area contributed by atoms with E-state index in [1.54, 1.807) is 6.20 Å². The van der Waals surface area contributed by atoms with Gasteiger partial charge in [0.15, 0.2) is 0 Å². The number of benzene rings is 1. The molecule has 0 fully saturated rings. The first-order valence-electron chi connectivity index (χ1n) is 4.82. The van der Waals surface area contributed by atoms with Gasteiger partial charge in [0.2, 0.25) is 0 Å². The molecule has 76 valence electrons. The van der Waals surface area contributed by atoms with Crippen molar-refractivity contribution in [2.75, 3.05) is 0 Å². The fourth-order valence-electron chi connectivity index (χ4n) is 1.41. The maximum absolute atomic E-state index is 4.06. The van der Waals surface area contributed by atoms with E-state index in [0.717, 1.165) is 12.1 Å². The Labute approximate surface area is 97.5 Å². The minimum atomic E-state index is 0.301. The monoisotopic (exact) mass is 262 g/mol. The van der Waals surface area contributed by atoms with Crippen LogP contribution in [0.15, 0.2) is 48.7 Å². The Morgan fingerprint density at radius 2 is 1.87 bits per heavy atom. The Morgan fingerprint density at radius 1 is 1.07 bits per heavy atom. The van der Waals surface area contributed by atoms with Crippen molar-refractivity contribution >= 4 is 15.9 Å². The fraction of sp³-hybridized carbons (Fsp3) is 0.167. The van der Waals surface area contributed by atoms with E-state index in [4.69, 9.17) is 0 Å². The Morgan fingerprint density at radius 3 is 2.53 bits per heavy atom. The summed E-state index contributed by atoms with van der Waals surface area (Å²) in [4.78, 5) is 0.301. The van der Waals surface area contributed by atoms with Crippen molar-refractivity contribution in [1.29, 1.82) is 0 Å². The van der Waals surface area contributed by atoms with E-state index in [-0.39, 0.29) is 0 Å². The van der Waals surface area contributed by atoms with E-state index < -0.39 is 0 Å². The fourth-order valence-corrected chi connectivity index (χ4v) is 2.04. The molecule has 1 aromatic carbocycles. The number of rotatable bonds is 3. The maximum atomic E-state index is 4.06. The Hall–Kier alpha value is -1.22. The summed E-state index contributed by atoms with van der Waals surface area (Å²) in [7, 11) is 0. The minimum absolute atomic E-state index is 0.301. The van der Waals surface area contributed by atoms with Crippen LogP contribution in [0.5, 0.6) is 0 Å². The molecule has 0 aliphatic carbocycles. The quantitative estimate of drug-likeness (QED) is 0.795. The van der Waals surface area contributed by atoms with Gasteiger partial charge in [-0.05, 0) is 17.7 Å². The number of halogens is 1. The third kappa shape index (κ3) is 2.86. The lowest BCUT2D eigenvalue weighted by molar-refractivity contribution is 0.853. The Kier molecular flexibility index (Phi) is 3.45. The van der Waals surface area contributed by atoms with Gasteiger partial charge in [0.05, 0.1) is 5.69 Å². The van der Waals surface area contributed by atoms with Crippen molar-refractivity contribution in [3.8, 4) is 0 Å². The highest BCUT2D eigenvalue weighted by molar-refractivity contribution is 9.09. The third-order valence-electron chi connectivity index (χ3n) is 2.18. The molecule has 2 nitrogen and oxygen atoms in total. The molecule has 0 N–H and O–H groups in total. The standard InChI is InChI=1S/C12H11BrN2/c13-12(10-5-2-1-3-6-10)9-11-7-4-8-14-15-11/h1-8,12H,9H2. The number of alkyl halides is 1. The summed E-state index contributed by atoms with van der Waals surface area (Å²) in [5, 5.41) is 7.92. The van der Waals surface area contributed by atoms with Crippen molar-refractivity contribution in [3.63, 3.8) is 0 Å². The zero-order chi connectivity index (χ0) is 10.5. The first-order valence-corrected chi connectivity index (χ1v) is 5.73. The molecule has 1 unspecified atom stereocenters. The average molecular weight is 263 g/mol. The van der Waals surface area contributed by atoms with Crippen LogP contribution >= 0.6 is 15.9 Å².